The fraction of sp³-hybridized carbons (Fsp3) is 0.423. The topological polar surface area (TPSA) is 123 Å². The van der Waals surface area contributed by atoms with Crippen LogP contribution in [0.25, 0.3) is 11.0 Å². The summed E-state index contributed by atoms with van der Waals surface area (Å²) < 4.78 is 15.8. The van der Waals surface area contributed by atoms with Crippen LogP contribution in [0, 0.1) is 5.92 Å². The van der Waals surface area contributed by atoms with Crippen LogP contribution in [-0.4, -0.2) is 46.6 Å². The van der Waals surface area contributed by atoms with Gasteiger partial charge in [0.05, 0.1) is 24.2 Å². The van der Waals surface area contributed by atoms with Crippen molar-refractivity contribution < 1.29 is 29.2 Å². The van der Waals surface area contributed by atoms with Gasteiger partial charge in [0.25, 0.3) is 0 Å². The monoisotopic (exact) mass is 481 g/mol. The summed E-state index contributed by atoms with van der Waals surface area (Å²) in [6.45, 7) is 1.02. The zero-order valence-corrected chi connectivity index (χ0v) is 19.8. The lowest BCUT2D eigenvalue weighted by atomic mass is 9.84. The number of carbonyl (C=O) groups is 1. The average Bonchev–Trinajstić information content (AvgIpc) is 2.88. The maximum absolute atomic E-state index is 10.6. The Bertz CT molecular complexity index is 1150. The van der Waals surface area contributed by atoms with Gasteiger partial charge in [-0.05, 0) is 36.6 Å². The number of rotatable bonds is 5. The van der Waals surface area contributed by atoms with E-state index in [0.29, 0.717) is 42.2 Å². The molecular weight excluding hydrogens is 450 g/mol. The van der Waals surface area contributed by atoms with E-state index < -0.39 is 12.2 Å². The highest BCUT2D eigenvalue weighted by Crippen LogP contribution is 2.34. The molecule has 1 unspecified atom stereocenters. The first-order valence-electron chi connectivity index (χ1n) is 11.9. The molecule has 3 N–H and O–H groups in total. The molecule has 2 aliphatic rings. The number of aliphatic hydroxyl groups excluding tert-OH is 1. The van der Waals surface area contributed by atoms with Crippen LogP contribution >= 0.6 is 0 Å². The molecule has 1 fully saturated rings. The lowest BCUT2D eigenvalue weighted by Crippen LogP contribution is -2.15. The van der Waals surface area contributed by atoms with Crippen molar-refractivity contribution in [1.82, 2.24) is 9.97 Å². The van der Waals surface area contributed by atoms with E-state index in [9.17, 15) is 9.90 Å². The van der Waals surface area contributed by atoms with Gasteiger partial charge in [-0.3, -0.25) is 10.3 Å². The van der Waals surface area contributed by atoms with Gasteiger partial charge in [-0.2, -0.15) is 0 Å². The molecule has 9 heteroatoms. The highest BCUT2D eigenvalue weighted by Gasteiger charge is 2.21. The van der Waals surface area contributed by atoms with E-state index in [0.717, 1.165) is 23.0 Å². The normalized spacial score (nSPS) is 16.1. The zero-order valence-electron chi connectivity index (χ0n) is 19.8. The standard InChI is InChI=1S/C17H22N2O2.C9H9NO4/c1-21-16-8-7-14-17(19-16)13(9-10-18-14)15(20)11-12-5-3-2-4-6-12;11-9(12)10-6-1-2-7-8(5-6)14-4-3-13-7/h7-10,12,15,20H,2-6,11H2,1H3;1-2,5,10H,3-4H2,(H,11,12). The molecule has 1 atom stereocenters. The first kappa shape index (κ1) is 24.5. The molecule has 1 amide bonds. The molecule has 1 aromatic carbocycles. The highest BCUT2D eigenvalue weighted by atomic mass is 16.6. The number of benzene rings is 1. The third-order valence-corrected chi connectivity index (χ3v) is 6.23. The Balaban J connectivity index is 0.000000179. The Morgan fingerprint density at radius 1 is 1.11 bits per heavy atom. The number of nitrogens with one attached hydrogen (secondary N) is 1. The molecule has 0 radical (unpaired) electrons. The fourth-order valence-corrected chi connectivity index (χ4v) is 4.52. The van der Waals surface area contributed by atoms with Crippen LogP contribution in [0.5, 0.6) is 17.4 Å². The number of anilines is 1. The summed E-state index contributed by atoms with van der Waals surface area (Å²) in [7, 11) is 1.60. The van der Waals surface area contributed by atoms with Crippen molar-refractivity contribution >= 4 is 22.8 Å². The Kier molecular flexibility index (Phi) is 8.20. The van der Waals surface area contributed by atoms with E-state index >= 15 is 0 Å². The molecule has 3 heterocycles. The van der Waals surface area contributed by atoms with Crippen LogP contribution in [0.3, 0.4) is 0 Å². The second kappa shape index (κ2) is 11.7. The van der Waals surface area contributed by atoms with Crippen molar-refractivity contribution in [2.75, 3.05) is 25.6 Å². The lowest BCUT2D eigenvalue weighted by Gasteiger charge is -2.24. The smallest absolute Gasteiger partial charge is 0.409 e. The van der Waals surface area contributed by atoms with Gasteiger partial charge in [0, 0.05) is 29.6 Å². The number of nitrogens with zero attached hydrogens (tertiary/aromatic N) is 2. The quantitative estimate of drug-likeness (QED) is 0.455. The minimum atomic E-state index is -1.10. The summed E-state index contributed by atoms with van der Waals surface area (Å²) in [5.74, 6) is 2.40. The molecule has 1 saturated carbocycles. The van der Waals surface area contributed by atoms with E-state index in [2.05, 4.69) is 15.3 Å². The maximum Gasteiger partial charge on any atom is 0.409 e. The molecule has 1 aliphatic carbocycles. The largest absolute Gasteiger partial charge is 0.486 e. The Morgan fingerprint density at radius 2 is 1.89 bits per heavy atom. The Hall–Kier alpha value is -3.59. The van der Waals surface area contributed by atoms with E-state index in [-0.39, 0.29) is 0 Å². The Labute approximate surface area is 204 Å². The first-order chi connectivity index (χ1) is 17.0. The van der Waals surface area contributed by atoms with Gasteiger partial charge in [0.15, 0.2) is 11.5 Å². The number of pyridine rings is 2. The SMILES string of the molecule is COc1ccc2nccc(C(O)CC3CCCCC3)c2n1.O=C(O)Nc1ccc2c(c1)OCCO2. The van der Waals surface area contributed by atoms with E-state index in [1.807, 2.05) is 12.1 Å². The highest BCUT2D eigenvalue weighted by molar-refractivity contribution is 5.83. The van der Waals surface area contributed by atoms with E-state index in [1.165, 1.54) is 32.1 Å². The van der Waals surface area contributed by atoms with Crippen molar-refractivity contribution in [3.63, 3.8) is 0 Å². The molecule has 0 spiro atoms. The molecule has 2 aromatic heterocycles. The number of hydrogen-bond acceptors (Lipinski definition) is 7. The average molecular weight is 482 g/mol. The molecule has 0 saturated heterocycles. The van der Waals surface area contributed by atoms with Crippen molar-refractivity contribution in [2.45, 2.75) is 44.6 Å². The van der Waals surface area contributed by atoms with Gasteiger partial charge < -0.3 is 24.4 Å². The number of amides is 1. The minimum absolute atomic E-state index is 0.474. The number of fused-ring (bicyclic) bond motifs is 2. The van der Waals surface area contributed by atoms with Crippen molar-refractivity contribution in [2.24, 2.45) is 5.92 Å². The number of ether oxygens (including phenoxy) is 3. The maximum atomic E-state index is 10.6. The van der Waals surface area contributed by atoms with E-state index in [4.69, 9.17) is 19.3 Å². The predicted molar refractivity (Wildman–Crippen MR) is 131 cm³/mol. The third-order valence-electron chi connectivity index (χ3n) is 6.23. The number of methoxy groups -OCH3 is 1. The van der Waals surface area contributed by atoms with Crippen molar-refractivity contribution in [3.05, 3.63) is 48.2 Å². The summed E-state index contributed by atoms with van der Waals surface area (Å²) in [6.07, 6.45) is 7.38. The molecule has 1 aliphatic heterocycles. The van der Waals surface area contributed by atoms with Gasteiger partial charge in [0.2, 0.25) is 5.88 Å². The van der Waals surface area contributed by atoms with Gasteiger partial charge >= 0.3 is 6.09 Å². The molecule has 9 nitrogen and oxygen atoms in total. The predicted octanol–water partition coefficient (Wildman–Crippen LogP) is 5.19. The molecular formula is C26H31N3O6. The fourth-order valence-electron chi connectivity index (χ4n) is 4.52. The molecule has 0 bridgehead atoms. The molecule has 35 heavy (non-hydrogen) atoms. The second-order valence-electron chi connectivity index (χ2n) is 8.67. The summed E-state index contributed by atoms with van der Waals surface area (Å²) in [5.41, 5.74) is 2.89. The summed E-state index contributed by atoms with van der Waals surface area (Å²) in [4.78, 5) is 19.1. The molecule has 5 rings (SSSR count). The van der Waals surface area contributed by atoms with Crippen molar-refractivity contribution in [1.29, 1.82) is 0 Å². The number of aliphatic hydroxyl groups is 1. The van der Waals surface area contributed by atoms with Crippen molar-refractivity contribution in [3.8, 4) is 17.4 Å². The van der Waals surface area contributed by atoms with Crippen LogP contribution in [0.2, 0.25) is 0 Å². The van der Waals surface area contributed by atoms with Crippen LogP contribution < -0.4 is 19.5 Å². The zero-order chi connectivity index (χ0) is 24.6. The first-order valence-corrected chi connectivity index (χ1v) is 11.9. The number of carboxylic acid groups (broad SMARTS) is 1. The molecule has 186 valence electrons. The third kappa shape index (κ3) is 6.51. The van der Waals surface area contributed by atoms with Crippen LogP contribution in [0.15, 0.2) is 42.6 Å². The summed E-state index contributed by atoms with van der Waals surface area (Å²) in [6, 6.07) is 10.5. The lowest BCUT2D eigenvalue weighted by molar-refractivity contribution is 0.132. The van der Waals surface area contributed by atoms with E-state index in [1.54, 1.807) is 37.6 Å². The van der Waals surface area contributed by atoms with Gasteiger partial charge in [-0.1, -0.05) is 32.1 Å². The van der Waals surface area contributed by atoms with Gasteiger partial charge in [0.1, 0.15) is 13.2 Å². The van der Waals surface area contributed by atoms with Crippen LogP contribution in [0.1, 0.15) is 50.2 Å². The van der Waals surface area contributed by atoms with Gasteiger partial charge in [-0.15, -0.1) is 0 Å². The Morgan fingerprint density at radius 3 is 2.63 bits per heavy atom. The van der Waals surface area contributed by atoms with Gasteiger partial charge in [-0.25, -0.2) is 9.78 Å². The minimum Gasteiger partial charge on any atom is -0.486 e. The van der Waals surface area contributed by atoms with Crippen LogP contribution in [-0.2, 0) is 0 Å². The number of hydrogen-bond donors (Lipinski definition) is 3. The summed E-state index contributed by atoms with van der Waals surface area (Å²) in [5, 5.41) is 21.3. The number of aromatic nitrogens is 2. The summed E-state index contributed by atoms with van der Waals surface area (Å²) >= 11 is 0. The molecule has 3 aromatic rings. The second-order valence-corrected chi connectivity index (χ2v) is 8.67. The van der Waals surface area contributed by atoms with Crippen LogP contribution in [0.4, 0.5) is 10.5 Å².